The van der Waals surface area contributed by atoms with Crippen molar-refractivity contribution in [3.05, 3.63) is 0 Å². The molecule has 14 heavy (non-hydrogen) atoms. The molecule has 0 aromatic rings. The zero-order chi connectivity index (χ0) is 9.61. The predicted molar refractivity (Wildman–Crippen MR) is 69.5 cm³/mol. The van der Waals surface area contributed by atoms with Crippen LogP contribution in [0.5, 0.6) is 0 Å². The lowest BCUT2D eigenvalue weighted by Gasteiger charge is -2.27. The molecular weight excluding hydrogens is 219 g/mol. The number of halogens is 2. The monoisotopic (exact) mass is 244 g/mol. The van der Waals surface area contributed by atoms with Gasteiger partial charge in [-0.2, -0.15) is 0 Å². The van der Waals surface area contributed by atoms with E-state index in [1.807, 2.05) is 0 Å². The summed E-state index contributed by atoms with van der Waals surface area (Å²) >= 11 is 0. The lowest BCUT2D eigenvalue weighted by molar-refractivity contribution is 0.341. The van der Waals surface area contributed by atoms with Crippen LogP contribution in [-0.2, 0) is 0 Å². The molecule has 0 bridgehead atoms. The summed E-state index contributed by atoms with van der Waals surface area (Å²) in [6.45, 7) is 6.43. The van der Waals surface area contributed by atoms with E-state index in [0.717, 1.165) is 32.1 Å². The molecule has 0 amide bonds. The van der Waals surface area contributed by atoms with E-state index in [9.17, 15) is 0 Å². The highest BCUT2D eigenvalue weighted by atomic mass is 35.5. The SMILES string of the molecule is CCC(N)CCC(N)(CC)CC.Cl.Cl. The van der Waals surface area contributed by atoms with E-state index in [-0.39, 0.29) is 30.4 Å². The highest BCUT2D eigenvalue weighted by molar-refractivity contribution is 5.85. The minimum absolute atomic E-state index is 0. The van der Waals surface area contributed by atoms with Crippen molar-refractivity contribution in [2.75, 3.05) is 0 Å². The summed E-state index contributed by atoms with van der Waals surface area (Å²) in [6, 6.07) is 0.339. The molecule has 0 aliphatic rings. The van der Waals surface area contributed by atoms with Crippen molar-refractivity contribution in [2.45, 2.75) is 64.5 Å². The van der Waals surface area contributed by atoms with E-state index >= 15 is 0 Å². The highest BCUT2D eigenvalue weighted by Crippen LogP contribution is 2.19. The average molecular weight is 245 g/mol. The Morgan fingerprint density at radius 2 is 1.50 bits per heavy atom. The molecule has 0 aliphatic heterocycles. The van der Waals surface area contributed by atoms with E-state index < -0.39 is 0 Å². The van der Waals surface area contributed by atoms with E-state index in [0.29, 0.717) is 6.04 Å². The summed E-state index contributed by atoms with van der Waals surface area (Å²) in [4.78, 5) is 0. The van der Waals surface area contributed by atoms with Crippen molar-refractivity contribution in [2.24, 2.45) is 11.5 Å². The van der Waals surface area contributed by atoms with Crippen molar-refractivity contribution in [1.82, 2.24) is 0 Å². The predicted octanol–water partition coefficient (Wildman–Crippen LogP) is 2.87. The van der Waals surface area contributed by atoms with Gasteiger partial charge in [-0.25, -0.2) is 0 Å². The first-order valence-corrected chi connectivity index (χ1v) is 5.12. The molecule has 0 spiro atoms. The van der Waals surface area contributed by atoms with Crippen molar-refractivity contribution < 1.29 is 0 Å². The summed E-state index contributed by atoms with van der Waals surface area (Å²) in [6.07, 6.45) is 5.30. The van der Waals surface area contributed by atoms with Crippen molar-refractivity contribution in [3.8, 4) is 0 Å². The molecule has 4 heteroatoms. The van der Waals surface area contributed by atoms with Crippen LogP contribution in [0, 0.1) is 0 Å². The normalized spacial score (nSPS) is 12.6. The Morgan fingerprint density at radius 3 is 1.79 bits per heavy atom. The number of hydrogen-bond acceptors (Lipinski definition) is 2. The molecule has 0 rings (SSSR count). The second-order valence-electron chi connectivity index (χ2n) is 3.78. The fourth-order valence-corrected chi connectivity index (χ4v) is 1.28. The largest absolute Gasteiger partial charge is 0.328 e. The van der Waals surface area contributed by atoms with Crippen molar-refractivity contribution in [3.63, 3.8) is 0 Å². The van der Waals surface area contributed by atoms with E-state index in [1.54, 1.807) is 0 Å². The maximum absolute atomic E-state index is 6.14. The van der Waals surface area contributed by atoms with Gasteiger partial charge in [-0.3, -0.25) is 0 Å². The summed E-state index contributed by atoms with van der Waals surface area (Å²) < 4.78 is 0. The summed E-state index contributed by atoms with van der Waals surface area (Å²) in [5.41, 5.74) is 12.0. The summed E-state index contributed by atoms with van der Waals surface area (Å²) in [5, 5.41) is 0. The second-order valence-corrected chi connectivity index (χ2v) is 3.78. The van der Waals surface area contributed by atoms with Gasteiger partial charge in [-0.1, -0.05) is 20.8 Å². The molecule has 0 heterocycles. The van der Waals surface area contributed by atoms with Gasteiger partial charge in [0.15, 0.2) is 0 Å². The molecule has 1 atom stereocenters. The standard InChI is InChI=1S/C10H24N2.2ClH/c1-4-9(11)7-8-10(12,5-2)6-3;;/h9H,4-8,11-12H2,1-3H3;2*1H. The molecule has 4 N–H and O–H groups in total. The number of hydrogen-bond donors (Lipinski definition) is 2. The lowest BCUT2D eigenvalue weighted by atomic mass is 9.87. The van der Waals surface area contributed by atoms with Crippen LogP contribution < -0.4 is 11.5 Å². The quantitative estimate of drug-likeness (QED) is 0.756. The van der Waals surface area contributed by atoms with Crippen LogP contribution in [0.3, 0.4) is 0 Å². The fraction of sp³-hybridized carbons (Fsp3) is 1.00. The smallest absolute Gasteiger partial charge is 0.0149 e. The van der Waals surface area contributed by atoms with Gasteiger partial charge in [0.2, 0.25) is 0 Å². The zero-order valence-corrected chi connectivity index (χ0v) is 11.2. The molecule has 0 fully saturated rings. The van der Waals surface area contributed by atoms with Crippen molar-refractivity contribution >= 4 is 24.8 Å². The van der Waals surface area contributed by atoms with Crippen LogP contribution >= 0.6 is 24.8 Å². The molecule has 0 radical (unpaired) electrons. The third kappa shape index (κ3) is 7.86. The molecule has 0 aliphatic carbocycles. The maximum Gasteiger partial charge on any atom is 0.0149 e. The Labute approximate surface area is 101 Å². The van der Waals surface area contributed by atoms with E-state index in [1.165, 1.54) is 0 Å². The minimum Gasteiger partial charge on any atom is -0.328 e. The molecule has 2 nitrogen and oxygen atoms in total. The van der Waals surface area contributed by atoms with Gasteiger partial charge in [0.1, 0.15) is 0 Å². The van der Waals surface area contributed by atoms with Gasteiger partial charge >= 0.3 is 0 Å². The second kappa shape index (κ2) is 10.0. The van der Waals surface area contributed by atoms with Gasteiger partial charge in [0.25, 0.3) is 0 Å². The zero-order valence-electron chi connectivity index (χ0n) is 9.58. The third-order valence-electron chi connectivity index (χ3n) is 2.95. The van der Waals surface area contributed by atoms with Crippen LogP contribution in [-0.4, -0.2) is 11.6 Å². The van der Waals surface area contributed by atoms with Crippen molar-refractivity contribution in [1.29, 1.82) is 0 Å². The first kappa shape index (κ1) is 20.0. The molecule has 0 saturated heterocycles. The molecule has 0 saturated carbocycles. The van der Waals surface area contributed by atoms with Crippen LogP contribution in [0.4, 0.5) is 0 Å². The Kier molecular flexibility index (Phi) is 14.3. The topological polar surface area (TPSA) is 52.0 Å². The molecule has 0 aromatic carbocycles. The molecule has 90 valence electrons. The average Bonchev–Trinajstić information content (AvgIpc) is 2.13. The van der Waals surface area contributed by atoms with Gasteiger partial charge in [0.05, 0.1) is 0 Å². The van der Waals surface area contributed by atoms with E-state index in [4.69, 9.17) is 11.5 Å². The fourth-order valence-electron chi connectivity index (χ4n) is 1.28. The van der Waals surface area contributed by atoms with Gasteiger partial charge < -0.3 is 11.5 Å². The van der Waals surface area contributed by atoms with Crippen LogP contribution in [0.1, 0.15) is 52.9 Å². The summed E-state index contributed by atoms with van der Waals surface area (Å²) in [7, 11) is 0. The van der Waals surface area contributed by atoms with Crippen LogP contribution in [0.25, 0.3) is 0 Å². The van der Waals surface area contributed by atoms with Gasteiger partial charge in [-0.15, -0.1) is 24.8 Å². The Morgan fingerprint density at radius 1 is 1.07 bits per heavy atom. The number of nitrogens with two attached hydrogens (primary N) is 2. The van der Waals surface area contributed by atoms with Crippen LogP contribution in [0.2, 0.25) is 0 Å². The van der Waals surface area contributed by atoms with Gasteiger partial charge in [0, 0.05) is 11.6 Å². The first-order chi connectivity index (χ1) is 5.58. The summed E-state index contributed by atoms with van der Waals surface area (Å²) in [5.74, 6) is 0. The Balaban J connectivity index is -0.000000605. The minimum atomic E-state index is 0. The maximum atomic E-state index is 6.14. The van der Waals surface area contributed by atoms with Gasteiger partial charge in [-0.05, 0) is 32.1 Å². The molecular formula is C10H26Cl2N2. The van der Waals surface area contributed by atoms with E-state index in [2.05, 4.69) is 20.8 Å². The molecule has 0 aromatic heterocycles. The van der Waals surface area contributed by atoms with Crippen LogP contribution in [0.15, 0.2) is 0 Å². The Bertz CT molecular complexity index is 117. The third-order valence-corrected chi connectivity index (χ3v) is 2.95. The first-order valence-electron chi connectivity index (χ1n) is 5.12. The Hall–Kier alpha value is 0.500. The lowest BCUT2D eigenvalue weighted by Crippen LogP contribution is -2.39. The highest BCUT2D eigenvalue weighted by Gasteiger charge is 2.20. The molecule has 1 unspecified atom stereocenters. The number of rotatable bonds is 6.